The minimum atomic E-state index is -0.469. The van der Waals surface area contributed by atoms with Crippen molar-refractivity contribution < 1.29 is 14.4 Å². The van der Waals surface area contributed by atoms with Crippen LogP contribution in [0.15, 0.2) is 12.1 Å². The van der Waals surface area contributed by atoms with Crippen molar-refractivity contribution in [3.63, 3.8) is 0 Å². The minimum absolute atomic E-state index is 0.0701. The zero-order valence-electron chi connectivity index (χ0n) is 17.1. The molecular formula is C21H30N4O4. The van der Waals surface area contributed by atoms with Gasteiger partial charge >= 0.3 is 5.69 Å². The molecular weight excluding hydrogens is 372 g/mol. The van der Waals surface area contributed by atoms with Gasteiger partial charge in [0.25, 0.3) is 0 Å². The van der Waals surface area contributed by atoms with Crippen LogP contribution in [0.25, 0.3) is 0 Å². The molecule has 2 saturated carbocycles. The third kappa shape index (κ3) is 5.37. The molecule has 158 valence electrons. The Morgan fingerprint density at radius 2 is 1.62 bits per heavy atom. The van der Waals surface area contributed by atoms with Gasteiger partial charge in [-0.2, -0.15) is 5.26 Å². The lowest BCUT2D eigenvalue weighted by Gasteiger charge is -2.31. The normalized spacial score (nSPS) is 27.1. The Labute approximate surface area is 171 Å². The molecule has 29 heavy (non-hydrogen) atoms. The van der Waals surface area contributed by atoms with E-state index in [0.29, 0.717) is 5.69 Å². The highest BCUT2D eigenvalue weighted by atomic mass is 16.6. The first-order chi connectivity index (χ1) is 14.0. The molecule has 1 aromatic rings. The highest BCUT2D eigenvalue weighted by Crippen LogP contribution is 2.35. The summed E-state index contributed by atoms with van der Waals surface area (Å²) in [6.07, 6.45) is 8.13. The topological polar surface area (TPSA) is 109 Å². The Bertz CT molecular complexity index is 764. The first-order valence-electron chi connectivity index (χ1n) is 10.3. The standard InChI is InChI=1S/C21H30N4O4/c1-28-18-7-3-5-15(10-18)23-17-9-14(13-22)21(25(26)27)20(12-17)24-16-6-4-8-19(11-16)29-2/h9,12,15-16,18-19,23-24H,3-8,10-11H2,1-2H3. The van der Waals surface area contributed by atoms with E-state index in [1.807, 2.05) is 6.07 Å². The van der Waals surface area contributed by atoms with E-state index in [1.54, 1.807) is 26.4 Å². The van der Waals surface area contributed by atoms with Crippen molar-refractivity contribution in [1.82, 2.24) is 0 Å². The molecule has 1 aromatic carbocycles. The third-order valence-corrected chi connectivity index (χ3v) is 6.06. The zero-order valence-corrected chi connectivity index (χ0v) is 17.1. The van der Waals surface area contributed by atoms with E-state index in [9.17, 15) is 15.4 Å². The van der Waals surface area contributed by atoms with Crippen molar-refractivity contribution in [3.05, 3.63) is 27.8 Å². The molecule has 2 N–H and O–H groups in total. The lowest BCUT2D eigenvalue weighted by molar-refractivity contribution is -0.384. The molecule has 0 radical (unpaired) electrons. The van der Waals surface area contributed by atoms with Crippen LogP contribution in [0.5, 0.6) is 0 Å². The van der Waals surface area contributed by atoms with Gasteiger partial charge in [-0.25, -0.2) is 0 Å². The predicted molar refractivity (Wildman–Crippen MR) is 111 cm³/mol. The van der Waals surface area contributed by atoms with Gasteiger partial charge in [0.05, 0.1) is 17.1 Å². The maximum Gasteiger partial charge on any atom is 0.310 e. The summed E-state index contributed by atoms with van der Waals surface area (Å²) >= 11 is 0. The lowest BCUT2D eigenvalue weighted by atomic mass is 9.92. The number of ether oxygens (including phenoxy) is 2. The second-order valence-corrected chi connectivity index (χ2v) is 8.02. The molecule has 2 aliphatic rings. The molecule has 2 aliphatic carbocycles. The molecule has 4 unspecified atom stereocenters. The van der Waals surface area contributed by atoms with Gasteiger partial charge < -0.3 is 20.1 Å². The summed E-state index contributed by atoms with van der Waals surface area (Å²) in [7, 11) is 3.43. The van der Waals surface area contributed by atoms with Gasteiger partial charge in [-0.3, -0.25) is 10.1 Å². The number of benzene rings is 1. The van der Waals surface area contributed by atoms with Crippen molar-refractivity contribution in [2.45, 2.75) is 75.7 Å². The molecule has 4 atom stereocenters. The van der Waals surface area contributed by atoms with Crippen molar-refractivity contribution in [2.75, 3.05) is 24.9 Å². The number of nitro benzene ring substituents is 1. The summed E-state index contributed by atoms with van der Waals surface area (Å²) in [6.45, 7) is 0. The minimum Gasteiger partial charge on any atom is -0.382 e. The van der Waals surface area contributed by atoms with Gasteiger partial charge in [0.2, 0.25) is 0 Å². The number of nitrogens with zero attached hydrogens (tertiary/aromatic N) is 2. The number of methoxy groups -OCH3 is 2. The molecule has 0 bridgehead atoms. The summed E-state index contributed by atoms with van der Waals surface area (Å²) in [6, 6.07) is 5.66. The summed E-state index contributed by atoms with van der Waals surface area (Å²) in [4.78, 5) is 11.2. The predicted octanol–water partition coefficient (Wildman–Crippen LogP) is 4.21. The van der Waals surface area contributed by atoms with Crippen LogP contribution in [-0.4, -0.2) is 43.4 Å². The summed E-state index contributed by atoms with van der Waals surface area (Å²) in [5, 5.41) is 28.0. The van der Waals surface area contributed by atoms with Crippen LogP contribution in [0.2, 0.25) is 0 Å². The summed E-state index contributed by atoms with van der Waals surface area (Å²) in [5.41, 5.74) is 1.05. The van der Waals surface area contributed by atoms with E-state index in [4.69, 9.17) is 9.47 Å². The fourth-order valence-electron chi connectivity index (χ4n) is 4.55. The molecule has 3 rings (SSSR count). The summed E-state index contributed by atoms with van der Waals surface area (Å²) in [5.74, 6) is 0. The van der Waals surface area contributed by atoms with Crippen LogP contribution in [0.4, 0.5) is 17.1 Å². The Hall–Kier alpha value is -2.37. The van der Waals surface area contributed by atoms with E-state index in [1.165, 1.54) is 0 Å². The molecule has 0 amide bonds. The first-order valence-corrected chi connectivity index (χ1v) is 10.3. The molecule has 0 heterocycles. The Morgan fingerprint density at radius 3 is 2.14 bits per heavy atom. The van der Waals surface area contributed by atoms with Crippen LogP contribution < -0.4 is 10.6 Å². The SMILES string of the molecule is COC1CCCC(Nc2cc(C#N)c([N+](=O)[O-])c(NC3CCCC(OC)C3)c2)C1. The van der Waals surface area contributed by atoms with E-state index >= 15 is 0 Å². The van der Waals surface area contributed by atoms with E-state index in [0.717, 1.165) is 57.1 Å². The number of hydrogen-bond acceptors (Lipinski definition) is 7. The van der Waals surface area contributed by atoms with Crippen LogP contribution in [-0.2, 0) is 9.47 Å². The van der Waals surface area contributed by atoms with Crippen LogP contribution in [0.3, 0.4) is 0 Å². The van der Waals surface area contributed by atoms with Crippen LogP contribution in [0, 0.1) is 21.4 Å². The highest BCUT2D eigenvalue weighted by molar-refractivity contribution is 5.75. The Morgan fingerprint density at radius 1 is 1.03 bits per heavy atom. The quantitative estimate of drug-likeness (QED) is 0.519. The Kier molecular flexibility index (Phi) is 7.29. The monoisotopic (exact) mass is 402 g/mol. The van der Waals surface area contributed by atoms with Gasteiger partial charge in [0, 0.05) is 32.0 Å². The zero-order chi connectivity index (χ0) is 20.8. The molecule has 8 heteroatoms. The van der Waals surface area contributed by atoms with Crippen molar-refractivity contribution in [2.24, 2.45) is 0 Å². The largest absolute Gasteiger partial charge is 0.382 e. The highest BCUT2D eigenvalue weighted by Gasteiger charge is 2.28. The smallest absolute Gasteiger partial charge is 0.310 e. The van der Waals surface area contributed by atoms with Crippen molar-refractivity contribution in [3.8, 4) is 6.07 Å². The number of nitro groups is 1. The third-order valence-electron chi connectivity index (χ3n) is 6.06. The average molecular weight is 402 g/mol. The van der Waals surface area contributed by atoms with Crippen LogP contribution in [0.1, 0.15) is 56.9 Å². The Balaban J connectivity index is 1.84. The fraction of sp³-hybridized carbons (Fsp3) is 0.667. The number of anilines is 2. The van der Waals surface area contributed by atoms with Crippen molar-refractivity contribution >= 4 is 17.1 Å². The van der Waals surface area contributed by atoms with Crippen molar-refractivity contribution in [1.29, 1.82) is 5.26 Å². The molecule has 0 saturated heterocycles. The maximum atomic E-state index is 11.7. The second-order valence-electron chi connectivity index (χ2n) is 8.02. The summed E-state index contributed by atoms with van der Waals surface area (Å²) < 4.78 is 11.0. The first kappa shape index (κ1) is 21.3. The molecule has 2 fully saturated rings. The molecule has 0 aliphatic heterocycles. The van der Waals surface area contributed by atoms with Gasteiger partial charge in [0.15, 0.2) is 0 Å². The maximum absolute atomic E-state index is 11.7. The number of nitrogens with one attached hydrogen (secondary N) is 2. The van der Waals surface area contributed by atoms with E-state index < -0.39 is 4.92 Å². The van der Waals surface area contributed by atoms with E-state index in [2.05, 4.69) is 10.6 Å². The molecule has 0 aromatic heterocycles. The van der Waals surface area contributed by atoms with E-state index in [-0.39, 0.29) is 35.5 Å². The van der Waals surface area contributed by atoms with Gasteiger partial charge in [-0.15, -0.1) is 0 Å². The molecule has 8 nitrogen and oxygen atoms in total. The van der Waals surface area contributed by atoms with Gasteiger partial charge in [-0.05, 0) is 63.5 Å². The number of hydrogen-bond donors (Lipinski definition) is 2. The van der Waals surface area contributed by atoms with Crippen LogP contribution >= 0.6 is 0 Å². The van der Waals surface area contributed by atoms with Gasteiger partial charge in [0.1, 0.15) is 17.3 Å². The molecule has 0 spiro atoms. The fourth-order valence-corrected chi connectivity index (χ4v) is 4.55. The van der Waals surface area contributed by atoms with Gasteiger partial charge in [-0.1, -0.05) is 0 Å². The number of nitriles is 1. The number of rotatable bonds is 7. The second kappa shape index (κ2) is 9.90. The lowest BCUT2D eigenvalue weighted by Crippen LogP contribution is -2.32. The average Bonchev–Trinajstić information content (AvgIpc) is 2.73.